The van der Waals surface area contributed by atoms with Crippen LogP contribution in [0.1, 0.15) is 44.2 Å². The summed E-state index contributed by atoms with van der Waals surface area (Å²) in [5.41, 5.74) is 1.14. The van der Waals surface area contributed by atoms with E-state index in [1.807, 2.05) is 19.1 Å². The molecular weight excluding hydrogens is 318 g/mol. The molecular formula is C20H31NO4. The highest BCUT2D eigenvalue weighted by Gasteiger charge is 2.48. The van der Waals surface area contributed by atoms with Gasteiger partial charge in [0, 0.05) is 19.6 Å². The number of rotatable bonds is 7. The molecule has 1 fully saturated rings. The number of aryl methyl sites for hydroxylation is 1. The van der Waals surface area contributed by atoms with Crippen LogP contribution in [-0.4, -0.2) is 47.4 Å². The van der Waals surface area contributed by atoms with Crippen LogP contribution in [0.3, 0.4) is 0 Å². The molecule has 0 aliphatic carbocycles. The highest BCUT2D eigenvalue weighted by molar-refractivity contribution is 5.76. The number of hydrogen-bond acceptors (Lipinski definition) is 4. The van der Waals surface area contributed by atoms with Crippen molar-refractivity contribution >= 4 is 5.97 Å². The fraction of sp³-hybridized carbons (Fsp3) is 0.650. The van der Waals surface area contributed by atoms with E-state index in [2.05, 4.69) is 24.8 Å². The first-order chi connectivity index (χ1) is 11.8. The lowest BCUT2D eigenvalue weighted by Gasteiger charge is -2.43. The van der Waals surface area contributed by atoms with E-state index in [0.717, 1.165) is 23.3 Å². The predicted molar refractivity (Wildman–Crippen MR) is 97.8 cm³/mol. The Morgan fingerprint density at radius 2 is 2.16 bits per heavy atom. The maximum absolute atomic E-state index is 12.0. The Kier molecular flexibility index (Phi) is 6.47. The molecule has 0 unspecified atom stereocenters. The van der Waals surface area contributed by atoms with Crippen LogP contribution in [0.15, 0.2) is 18.2 Å². The Balaban J connectivity index is 2.14. The Bertz CT molecular complexity index is 601. The van der Waals surface area contributed by atoms with Gasteiger partial charge in [0.25, 0.3) is 0 Å². The fourth-order valence-corrected chi connectivity index (χ4v) is 3.71. The molecule has 1 aromatic carbocycles. The maximum Gasteiger partial charge on any atom is 0.313 e. The van der Waals surface area contributed by atoms with Gasteiger partial charge in [-0.1, -0.05) is 26.0 Å². The Hall–Kier alpha value is -1.59. The van der Waals surface area contributed by atoms with E-state index in [0.29, 0.717) is 38.4 Å². The molecule has 1 saturated heterocycles. The van der Waals surface area contributed by atoms with Crippen molar-refractivity contribution in [2.24, 2.45) is 11.3 Å². The number of methoxy groups -OCH3 is 1. The zero-order valence-electron chi connectivity index (χ0n) is 15.8. The number of aliphatic hydroxyl groups is 1. The Morgan fingerprint density at radius 1 is 1.44 bits per heavy atom. The predicted octanol–water partition coefficient (Wildman–Crippen LogP) is 3.08. The summed E-state index contributed by atoms with van der Waals surface area (Å²) in [5, 5.41) is 20.3. The molecule has 0 saturated carbocycles. The zero-order valence-corrected chi connectivity index (χ0v) is 15.8. The van der Waals surface area contributed by atoms with Gasteiger partial charge in [-0.25, -0.2) is 0 Å². The summed E-state index contributed by atoms with van der Waals surface area (Å²) in [5.74, 6) is 0.397. The zero-order chi connectivity index (χ0) is 18.6. The third kappa shape index (κ3) is 4.53. The van der Waals surface area contributed by atoms with Gasteiger partial charge in [0.15, 0.2) is 0 Å². The van der Waals surface area contributed by atoms with Crippen LogP contribution in [0.4, 0.5) is 0 Å². The summed E-state index contributed by atoms with van der Waals surface area (Å²) < 4.78 is 5.30. The largest absolute Gasteiger partial charge is 0.496 e. The van der Waals surface area contributed by atoms with Gasteiger partial charge in [-0.3, -0.25) is 9.69 Å². The van der Waals surface area contributed by atoms with Gasteiger partial charge in [-0.15, -0.1) is 0 Å². The van der Waals surface area contributed by atoms with Crippen LogP contribution in [0, 0.1) is 18.3 Å². The van der Waals surface area contributed by atoms with E-state index in [9.17, 15) is 15.0 Å². The summed E-state index contributed by atoms with van der Waals surface area (Å²) in [6, 6.07) is 6.06. The van der Waals surface area contributed by atoms with E-state index in [1.54, 1.807) is 7.11 Å². The third-order valence-electron chi connectivity index (χ3n) is 5.32. The maximum atomic E-state index is 12.0. The van der Waals surface area contributed by atoms with Gasteiger partial charge in [-0.2, -0.15) is 0 Å². The van der Waals surface area contributed by atoms with Crippen molar-refractivity contribution in [3.63, 3.8) is 0 Å². The molecule has 1 aliphatic rings. The van der Waals surface area contributed by atoms with E-state index in [4.69, 9.17) is 4.74 Å². The lowest BCUT2D eigenvalue weighted by molar-refractivity contribution is -0.165. The van der Waals surface area contributed by atoms with Gasteiger partial charge in [0.1, 0.15) is 11.2 Å². The highest BCUT2D eigenvalue weighted by Crippen LogP contribution is 2.37. The number of aliphatic carboxylic acids is 1. The molecule has 1 heterocycles. The average molecular weight is 349 g/mol. The number of carboxylic acids is 1. The minimum Gasteiger partial charge on any atom is -0.496 e. The number of hydrogen-bond donors (Lipinski definition) is 2. The summed E-state index contributed by atoms with van der Waals surface area (Å²) >= 11 is 0. The molecule has 25 heavy (non-hydrogen) atoms. The van der Waals surface area contributed by atoms with E-state index in [1.165, 1.54) is 0 Å². The van der Waals surface area contributed by atoms with Crippen LogP contribution in [0.5, 0.6) is 5.75 Å². The molecule has 0 amide bonds. The van der Waals surface area contributed by atoms with Crippen molar-refractivity contribution in [3.8, 4) is 5.75 Å². The summed E-state index contributed by atoms with van der Waals surface area (Å²) in [4.78, 5) is 14.2. The fourth-order valence-electron chi connectivity index (χ4n) is 3.71. The number of aliphatic hydroxyl groups excluding tert-OH is 1. The molecule has 0 spiro atoms. The number of likely N-dealkylation sites (tertiary alicyclic amines) is 1. The van der Waals surface area contributed by atoms with Gasteiger partial charge in [-0.05, 0) is 49.3 Å². The lowest BCUT2D eigenvalue weighted by Crippen LogP contribution is -2.55. The highest BCUT2D eigenvalue weighted by atomic mass is 16.5. The molecule has 1 aromatic rings. The molecule has 5 heteroatoms. The smallest absolute Gasteiger partial charge is 0.313 e. The quantitative estimate of drug-likeness (QED) is 0.792. The van der Waals surface area contributed by atoms with Gasteiger partial charge in [0.2, 0.25) is 0 Å². The standard InChI is InChI=1S/C20H31NO4/c1-14(2)7-9-20(19(23)24)13-21(10-8-18(20)22)12-16-5-6-17(25-4)15(3)11-16/h5-6,11,14,18,22H,7-10,12-13H2,1-4H3,(H,23,24)/t18-,20-/m1/s1. The number of piperidine rings is 1. The molecule has 0 aromatic heterocycles. The number of ether oxygens (including phenoxy) is 1. The molecule has 140 valence electrons. The second-order valence-electron chi connectivity index (χ2n) is 7.71. The second kappa shape index (κ2) is 8.19. The average Bonchev–Trinajstić information content (AvgIpc) is 2.55. The number of carbonyl (C=O) groups is 1. The topological polar surface area (TPSA) is 70.0 Å². The van der Waals surface area contributed by atoms with Gasteiger partial charge < -0.3 is 14.9 Å². The Morgan fingerprint density at radius 3 is 2.72 bits per heavy atom. The van der Waals surface area contributed by atoms with Crippen molar-refractivity contribution < 1.29 is 19.7 Å². The van der Waals surface area contributed by atoms with E-state index < -0.39 is 17.5 Å². The lowest BCUT2D eigenvalue weighted by atomic mass is 9.72. The molecule has 0 radical (unpaired) electrons. The summed E-state index contributed by atoms with van der Waals surface area (Å²) in [7, 11) is 1.66. The number of benzene rings is 1. The van der Waals surface area contributed by atoms with Crippen LogP contribution >= 0.6 is 0 Å². The molecule has 2 atom stereocenters. The van der Waals surface area contributed by atoms with Crippen molar-refractivity contribution in [3.05, 3.63) is 29.3 Å². The summed E-state index contributed by atoms with van der Waals surface area (Å²) in [6.07, 6.45) is 1.04. The Labute approximate surface area is 150 Å². The normalized spacial score (nSPS) is 24.5. The molecule has 2 rings (SSSR count). The van der Waals surface area contributed by atoms with Gasteiger partial charge in [0.05, 0.1) is 13.2 Å². The van der Waals surface area contributed by atoms with Crippen molar-refractivity contribution in [1.29, 1.82) is 0 Å². The summed E-state index contributed by atoms with van der Waals surface area (Å²) in [6.45, 7) is 7.97. The van der Waals surface area contributed by atoms with E-state index >= 15 is 0 Å². The second-order valence-corrected chi connectivity index (χ2v) is 7.71. The van der Waals surface area contributed by atoms with Crippen molar-refractivity contribution in [1.82, 2.24) is 4.90 Å². The third-order valence-corrected chi connectivity index (χ3v) is 5.32. The number of carboxylic acid groups (broad SMARTS) is 1. The van der Waals surface area contributed by atoms with Crippen LogP contribution in [0.2, 0.25) is 0 Å². The molecule has 0 bridgehead atoms. The first-order valence-corrected chi connectivity index (χ1v) is 9.06. The van der Waals surface area contributed by atoms with Crippen LogP contribution < -0.4 is 4.74 Å². The monoisotopic (exact) mass is 349 g/mol. The van der Waals surface area contributed by atoms with Crippen LogP contribution in [-0.2, 0) is 11.3 Å². The molecule has 5 nitrogen and oxygen atoms in total. The minimum absolute atomic E-state index is 0.390. The van der Waals surface area contributed by atoms with Crippen molar-refractivity contribution in [2.45, 2.75) is 52.7 Å². The number of nitrogens with zero attached hydrogens (tertiary/aromatic N) is 1. The van der Waals surface area contributed by atoms with Gasteiger partial charge >= 0.3 is 5.97 Å². The van der Waals surface area contributed by atoms with E-state index in [-0.39, 0.29) is 0 Å². The van der Waals surface area contributed by atoms with Crippen LogP contribution in [0.25, 0.3) is 0 Å². The first kappa shape index (κ1) is 19.7. The first-order valence-electron chi connectivity index (χ1n) is 9.06. The SMILES string of the molecule is COc1ccc(CN2CC[C@@H](O)[C@](CCC(C)C)(C(=O)O)C2)cc1C. The molecule has 1 aliphatic heterocycles. The minimum atomic E-state index is -1.07. The van der Waals surface area contributed by atoms with Crippen molar-refractivity contribution in [2.75, 3.05) is 20.2 Å². The molecule has 2 N–H and O–H groups in total.